The topological polar surface area (TPSA) is 87.7 Å². The lowest BCUT2D eigenvalue weighted by atomic mass is 10.3. The van der Waals surface area contributed by atoms with Crippen LogP contribution in [0.4, 0.5) is 18.0 Å². The van der Waals surface area contributed by atoms with Crippen LogP contribution in [-0.2, 0) is 9.53 Å². The number of aliphatic carboxylic acids is 1. The monoisotopic (exact) mass is 258 g/mol. The minimum absolute atomic E-state index is 0.145. The number of rotatable bonds is 6. The Morgan fingerprint density at radius 1 is 1.41 bits per heavy atom. The molecule has 0 aromatic carbocycles. The van der Waals surface area contributed by atoms with Crippen molar-refractivity contribution in [2.75, 3.05) is 19.8 Å². The third kappa shape index (κ3) is 9.42. The Hall–Kier alpha value is -1.51. The van der Waals surface area contributed by atoms with Crippen molar-refractivity contribution in [1.82, 2.24) is 10.6 Å². The Bertz CT molecular complexity index is 270. The van der Waals surface area contributed by atoms with Gasteiger partial charge in [-0.05, 0) is 6.92 Å². The van der Waals surface area contributed by atoms with E-state index in [2.05, 4.69) is 15.4 Å². The minimum Gasteiger partial charge on any atom is -0.480 e. The molecule has 0 radical (unpaired) electrons. The molecule has 1 unspecified atom stereocenters. The van der Waals surface area contributed by atoms with E-state index in [-0.39, 0.29) is 13.2 Å². The van der Waals surface area contributed by atoms with Gasteiger partial charge in [-0.1, -0.05) is 0 Å². The summed E-state index contributed by atoms with van der Waals surface area (Å²) in [4.78, 5) is 21.3. The maximum absolute atomic E-state index is 11.6. The number of nitrogens with one attached hydrogen (secondary N) is 2. The molecule has 1 atom stereocenters. The molecule has 0 saturated heterocycles. The molecule has 0 aliphatic rings. The molecule has 9 heteroatoms. The van der Waals surface area contributed by atoms with Gasteiger partial charge in [0.1, 0.15) is 12.6 Å². The number of carbonyl (C=O) groups excluding carboxylic acids is 1. The molecule has 0 heterocycles. The summed E-state index contributed by atoms with van der Waals surface area (Å²) in [6.45, 7) is -0.591. The highest BCUT2D eigenvalue weighted by Crippen LogP contribution is 2.13. The van der Waals surface area contributed by atoms with Gasteiger partial charge in [0.05, 0.1) is 6.61 Å². The second-order valence-electron chi connectivity index (χ2n) is 3.13. The molecule has 3 N–H and O–H groups in total. The first-order valence-corrected chi connectivity index (χ1v) is 4.64. The van der Waals surface area contributed by atoms with Crippen molar-refractivity contribution < 1.29 is 32.6 Å². The zero-order valence-electron chi connectivity index (χ0n) is 9.00. The second kappa shape index (κ2) is 6.94. The predicted octanol–water partition coefficient (Wildman–Crippen LogP) is 0.338. The first-order chi connectivity index (χ1) is 7.72. The average Bonchev–Trinajstić information content (AvgIpc) is 2.15. The molecule has 0 rings (SSSR count). The maximum atomic E-state index is 11.6. The molecule has 0 spiro atoms. The highest BCUT2D eigenvalue weighted by atomic mass is 19.4. The lowest BCUT2D eigenvalue weighted by Crippen LogP contribution is -2.45. The average molecular weight is 258 g/mol. The van der Waals surface area contributed by atoms with Crippen molar-refractivity contribution in [2.24, 2.45) is 0 Å². The van der Waals surface area contributed by atoms with E-state index in [1.54, 1.807) is 0 Å². The van der Waals surface area contributed by atoms with Gasteiger partial charge < -0.3 is 20.5 Å². The summed E-state index contributed by atoms with van der Waals surface area (Å²) < 4.78 is 39.1. The van der Waals surface area contributed by atoms with Crippen molar-refractivity contribution in [3.63, 3.8) is 0 Å². The van der Waals surface area contributed by atoms with Crippen LogP contribution >= 0.6 is 0 Å². The van der Waals surface area contributed by atoms with Crippen LogP contribution in [0.25, 0.3) is 0 Å². The second-order valence-corrected chi connectivity index (χ2v) is 3.13. The number of carboxylic acids is 1. The van der Waals surface area contributed by atoms with Crippen molar-refractivity contribution in [3.05, 3.63) is 0 Å². The highest BCUT2D eigenvalue weighted by molar-refractivity contribution is 5.82. The maximum Gasteiger partial charge on any atom is 0.411 e. The number of urea groups is 1. The number of hydrogen-bond acceptors (Lipinski definition) is 3. The Kier molecular flexibility index (Phi) is 6.33. The molecule has 0 aliphatic carbocycles. The largest absolute Gasteiger partial charge is 0.480 e. The van der Waals surface area contributed by atoms with Gasteiger partial charge in [-0.15, -0.1) is 0 Å². The Morgan fingerprint density at radius 3 is 2.47 bits per heavy atom. The Balaban J connectivity index is 3.56. The van der Waals surface area contributed by atoms with Crippen molar-refractivity contribution in [2.45, 2.75) is 19.1 Å². The summed E-state index contributed by atoms with van der Waals surface area (Å²) in [5.74, 6) is -1.21. The van der Waals surface area contributed by atoms with E-state index < -0.39 is 30.8 Å². The van der Waals surface area contributed by atoms with E-state index in [1.165, 1.54) is 6.92 Å². The van der Waals surface area contributed by atoms with E-state index in [0.717, 1.165) is 0 Å². The minimum atomic E-state index is -4.40. The summed E-state index contributed by atoms with van der Waals surface area (Å²) in [5, 5.41) is 12.6. The van der Waals surface area contributed by atoms with Crippen molar-refractivity contribution in [3.8, 4) is 0 Å². The number of alkyl halides is 3. The summed E-state index contributed by atoms with van der Waals surface area (Å²) in [6, 6.07) is -1.86. The molecule has 17 heavy (non-hydrogen) atoms. The van der Waals surface area contributed by atoms with E-state index in [1.807, 2.05) is 0 Å². The zero-order valence-corrected chi connectivity index (χ0v) is 9.00. The van der Waals surface area contributed by atoms with Gasteiger partial charge in [0.25, 0.3) is 0 Å². The molecule has 0 saturated carbocycles. The van der Waals surface area contributed by atoms with Crippen molar-refractivity contribution >= 4 is 12.0 Å². The van der Waals surface area contributed by atoms with Crippen LogP contribution in [0.3, 0.4) is 0 Å². The van der Waals surface area contributed by atoms with Crippen LogP contribution in [-0.4, -0.2) is 49.1 Å². The fourth-order valence-corrected chi connectivity index (χ4v) is 0.734. The molecule has 0 aromatic rings. The highest BCUT2D eigenvalue weighted by Gasteiger charge is 2.27. The molecule has 100 valence electrons. The zero-order chi connectivity index (χ0) is 13.5. The lowest BCUT2D eigenvalue weighted by molar-refractivity contribution is -0.173. The molecule has 0 fully saturated rings. The predicted molar refractivity (Wildman–Crippen MR) is 50.5 cm³/mol. The number of carbonyl (C=O) groups is 2. The summed E-state index contributed by atoms with van der Waals surface area (Å²) in [6.07, 6.45) is -4.40. The smallest absolute Gasteiger partial charge is 0.411 e. The fraction of sp³-hybridized carbons (Fsp3) is 0.750. The van der Waals surface area contributed by atoms with Gasteiger partial charge >= 0.3 is 18.2 Å². The third-order valence-electron chi connectivity index (χ3n) is 1.52. The van der Waals surface area contributed by atoms with E-state index in [4.69, 9.17) is 5.11 Å². The van der Waals surface area contributed by atoms with Gasteiger partial charge in [0.2, 0.25) is 0 Å². The van der Waals surface area contributed by atoms with E-state index in [9.17, 15) is 22.8 Å². The van der Waals surface area contributed by atoms with Gasteiger partial charge in [-0.25, -0.2) is 4.79 Å². The lowest BCUT2D eigenvalue weighted by Gasteiger charge is -2.11. The van der Waals surface area contributed by atoms with Crippen molar-refractivity contribution in [1.29, 1.82) is 0 Å². The summed E-state index contributed by atoms with van der Waals surface area (Å²) in [7, 11) is 0. The molecular formula is C8H13F3N2O4. The van der Waals surface area contributed by atoms with Crippen LogP contribution in [0.5, 0.6) is 0 Å². The first-order valence-electron chi connectivity index (χ1n) is 4.64. The number of halogens is 3. The third-order valence-corrected chi connectivity index (χ3v) is 1.52. The fourth-order valence-electron chi connectivity index (χ4n) is 0.734. The van der Waals surface area contributed by atoms with Crippen LogP contribution in [0.15, 0.2) is 0 Å². The Morgan fingerprint density at radius 2 is 2.00 bits per heavy atom. The van der Waals surface area contributed by atoms with Crippen LogP contribution in [0.1, 0.15) is 6.92 Å². The molecule has 0 aromatic heterocycles. The number of amides is 2. The molecule has 0 aliphatic heterocycles. The van der Waals surface area contributed by atoms with Crippen LogP contribution < -0.4 is 10.6 Å². The summed E-state index contributed by atoms with van der Waals surface area (Å²) >= 11 is 0. The van der Waals surface area contributed by atoms with E-state index in [0.29, 0.717) is 0 Å². The van der Waals surface area contributed by atoms with Crippen LogP contribution in [0, 0.1) is 0 Å². The number of carboxylic acid groups (broad SMARTS) is 1. The van der Waals surface area contributed by atoms with Gasteiger partial charge in [-0.2, -0.15) is 13.2 Å². The molecule has 0 bridgehead atoms. The quantitative estimate of drug-likeness (QED) is 0.599. The molecule has 6 nitrogen and oxygen atoms in total. The molecule has 2 amide bonds. The number of hydrogen-bond donors (Lipinski definition) is 3. The van der Waals surface area contributed by atoms with Crippen LogP contribution in [0.2, 0.25) is 0 Å². The first kappa shape index (κ1) is 15.5. The van der Waals surface area contributed by atoms with Gasteiger partial charge in [-0.3, -0.25) is 4.79 Å². The molecular weight excluding hydrogens is 245 g/mol. The standard InChI is InChI=1S/C8H13F3N2O4/c1-5(6(14)15)13-7(16)12-2-3-17-4-8(9,10)11/h5H,2-4H2,1H3,(H,14,15)(H2,12,13,16). The SMILES string of the molecule is CC(NC(=O)NCCOCC(F)(F)F)C(=O)O. The van der Waals surface area contributed by atoms with Gasteiger partial charge in [0.15, 0.2) is 0 Å². The normalized spacial score (nSPS) is 12.9. The van der Waals surface area contributed by atoms with Gasteiger partial charge in [0, 0.05) is 6.54 Å². The summed E-state index contributed by atoms with van der Waals surface area (Å²) in [5.41, 5.74) is 0. The van der Waals surface area contributed by atoms with E-state index >= 15 is 0 Å². The Labute approximate surface area is 95.1 Å². The number of ether oxygens (including phenoxy) is 1.